The van der Waals surface area contributed by atoms with E-state index >= 15 is 0 Å². The van der Waals surface area contributed by atoms with Crippen molar-refractivity contribution in [3.05, 3.63) is 29.8 Å². The van der Waals surface area contributed by atoms with E-state index in [-0.39, 0.29) is 12.0 Å². The summed E-state index contributed by atoms with van der Waals surface area (Å²) in [6, 6.07) is 8.09. The SMILES string of the molecule is Cc1cccc(N(CCCN)C(=O)CCC2CCCO2)c1. The molecule has 2 N–H and O–H groups in total. The Morgan fingerprint density at radius 3 is 3.00 bits per heavy atom. The first-order chi connectivity index (χ1) is 10.2. The Hall–Kier alpha value is -1.39. The van der Waals surface area contributed by atoms with Gasteiger partial charge in [0.1, 0.15) is 0 Å². The molecule has 1 aliphatic rings. The molecule has 0 saturated carbocycles. The van der Waals surface area contributed by atoms with Crippen LogP contribution in [0.1, 0.15) is 37.7 Å². The molecule has 1 aromatic carbocycles. The number of hydrogen-bond donors (Lipinski definition) is 1. The molecule has 1 aromatic rings. The van der Waals surface area contributed by atoms with Crippen molar-refractivity contribution >= 4 is 11.6 Å². The van der Waals surface area contributed by atoms with Crippen molar-refractivity contribution in [1.82, 2.24) is 0 Å². The molecule has 1 amide bonds. The molecule has 1 fully saturated rings. The number of benzene rings is 1. The predicted octanol–water partition coefficient (Wildman–Crippen LogP) is 2.64. The molecule has 1 saturated heterocycles. The van der Waals surface area contributed by atoms with E-state index in [1.807, 2.05) is 30.0 Å². The zero-order valence-electron chi connectivity index (χ0n) is 12.9. The molecular weight excluding hydrogens is 264 g/mol. The van der Waals surface area contributed by atoms with Gasteiger partial charge in [-0.25, -0.2) is 0 Å². The van der Waals surface area contributed by atoms with Crippen LogP contribution in [0.2, 0.25) is 0 Å². The van der Waals surface area contributed by atoms with E-state index < -0.39 is 0 Å². The second-order valence-electron chi connectivity index (χ2n) is 5.70. The molecule has 0 spiro atoms. The van der Waals surface area contributed by atoms with Gasteiger partial charge in [0, 0.05) is 25.3 Å². The van der Waals surface area contributed by atoms with Gasteiger partial charge in [0.25, 0.3) is 0 Å². The maximum Gasteiger partial charge on any atom is 0.227 e. The first kappa shape index (κ1) is 16.0. The van der Waals surface area contributed by atoms with Crippen LogP contribution in [0.4, 0.5) is 5.69 Å². The first-order valence-corrected chi connectivity index (χ1v) is 7.89. The third-order valence-corrected chi connectivity index (χ3v) is 3.90. The fourth-order valence-corrected chi connectivity index (χ4v) is 2.73. The van der Waals surface area contributed by atoms with Gasteiger partial charge in [0.2, 0.25) is 5.91 Å². The minimum absolute atomic E-state index is 0.171. The van der Waals surface area contributed by atoms with Gasteiger partial charge in [0.05, 0.1) is 6.10 Å². The van der Waals surface area contributed by atoms with Crippen molar-refractivity contribution in [2.75, 3.05) is 24.6 Å². The number of amides is 1. The summed E-state index contributed by atoms with van der Waals surface area (Å²) in [6.07, 6.45) is 4.66. The topological polar surface area (TPSA) is 55.6 Å². The lowest BCUT2D eigenvalue weighted by molar-refractivity contribution is -0.119. The quantitative estimate of drug-likeness (QED) is 0.840. The third kappa shape index (κ3) is 4.83. The Kier molecular flexibility index (Phi) is 6.21. The van der Waals surface area contributed by atoms with E-state index in [0.29, 0.717) is 19.5 Å². The Morgan fingerprint density at radius 2 is 2.33 bits per heavy atom. The highest BCUT2D eigenvalue weighted by Gasteiger charge is 2.20. The molecule has 21 heavy (non-hydrogen) atoms. The van der Waals surface area contributed by atoms with E-state index in [2.05, 4.69) is 6.07 Å². The van der Waals surface area contributed by atoms with Gasteiger partial charge in [-0.3, -0.25) is 4.79 Å². The molecule has 1 atom stereocenters. The summed E-state index contributed by atoms with van der Waals surface area (Å²) in [4.78, 5) is 14.4. The molecule has 4 heteroatoms. The summed E-state index contributed by atoms with van der Waals surface area (Å²) < 4.78 is 5.60. The molecule has 116 valence electrons. The minimum atomic E-state index is 0.171. The highest BCUT2D eigenvalue weighted by molar-refractivity contribution is 5.93. The van der Waals surface area contributed by atoms with Gasteiger partial charge in [-0.15, -0.1) is 0 Å². The lowest BCUT2D eigenvalue weighted by atomic mass is 10.1. The van der Waals surface area contributed by atoms with Crippen LogP contribution in [0.3, 0.4) is 0 Å². The molecule has 4 nitrogen and oxygen atoms in total. The van der Waals surface area contributed by atoms with Crippen LogP contribution in [-0.4, -0.2) is 31.7 Å². The summed E-state index contributed by atoms with van der Waals surface area (Å²) in [5, 5.41) is 0. The number of nitrogens with zero attached hydrogens (tertiary/aromatic N) is 1. The summed E-state index contributed by atoms with van der Waals surface area (Å²) in [7, 11) is 0. The van der Waals surface area contributed by atoms with E-state index in [9.17, 15) is 4.79 Å². The maximum atomic E-state index is 12.5. The van der Waals surface area contributed by atoms with Crippen LogP contribution >= 0.6 is 0 Å². The van der Waals surface area contributed by atoms with E-state index in [1.54, 1.807) is 0 Å². The Balaban J connectivity index is 1.98. The number of nitrogens with two attached hydrogens (primary N) is 1. The second-order valence-corrected chi connectivity index (χ2v) is 5.70. The maximum absolute atomic E-state index is 12.5. The summed E-state index contributed by atoms with van der Waals surface area (Å²) >= 11 is 0. The third-order valence-electron chi connectivity index (χ3n) is 3.90. The Bertz CT molecular complexity index is 456. The van der Waals surface area contributed by atoms with Crippen LogP contribution in [0.15, 0.2) is 24.3 Å². The van der Waals surface area contributed by atoms with E-state index in [1.165, 1.54) is 0 Å². The van der Waals surface area contributed by atoms with Gasteiger partial charge in [0.15, 0.2) is 0 Å². The summed E-state index contributed by atoms with van der Waals surface area (Å²) in [6.45, 7) is 4.17. The van der Waals surface area contributed by atoms with Crippen molar-refractivity contribution < 1.29 is 9.53 Å². The molecule has 0 aliphatic carbocycles. The molecule has 0 radical (unpaired) electrons. The zero-order chi connectivity index (χ0) is 15.1. The summed E-state index contributed by atoms with van der Waals surface area (Å²) in [5.41, 5.74) is 7.74. The molecule has 2 rings (SSSR count). The van der Waals surface area contributed by atoms with Gasteiger partial charge >= 0.3 is 0 Å². The molecule has 0 aromatic heterocycles. The molecular formula is C17H26N2O2. The lowest BCUT2D eigenvalue weighted by Crippen LogP contribution is -2.33. The normalized spacial score (nSPS) is 17.9. The van der Waals surface area contributed by atoms with Gasteiger partial charge in [-0.05, 0) is 56.8 Å². The number of anilines is 1. The Morgan fingerprint density at radius 1 is 1.48 bits per heavy atom. The Labute approximate surface area is 127 Å². The first-order valence-electron chi connectivity index (χ1n) is 7.89. The van der Waals surface area contributed by atoms with Gasteiger partial charge in [-0.2, -0.15) is 0 Å². The highest BCUT2D eigenvalue weighted by atomic mass is 16.5. The number of ether oxygens (including phenoxy) is 1. The molecule has 1 heterocycles. The fraction of sp³-hybridized carbons (Fsp3) is 0.588. The fourth-order valence-electron chi connectivity index (χ4n) is 2.73. The zero-order valence-corrected chi connectivity index (χ0v) is 12.9. The van der Waals surface area contributed by atoms with Crippen LogP contribution in [0.5, 0.6) is 0 Å². The molecule has 0 bridgehead atoms. The van der Waals surface area contributed by atoms with Crippen molar-refractivity contribution in [2.24, 2.45) is 5.73 Å². The number of rotatable bonds is 7. The van der Waals surface area contributed by atoms with Crippen LogP contribution < -0.4 is 10.6 Å². The van der Waals surface area contributed by atoms with Crippen molar-refractivity contribution in [1.29, 1.82) is 0 Å². The van der Waals surface area contributed by atoms with Crippen molar-refractivity contribution in [2.45, 2.75) is 45.1 Å². The number of aryl methyl sites for hydroxylation is 1. The predicted molar refractivity (Wildman–Crippen MR) is 85.4 cm³/mol. The number of carbonyl (C=O) groups excluding carboxylic acids is 1. The highest BCUT2D eigenvalue weighted by Crippen LogP contribution is 2.21. The monoisotopic (exact) mass is 290 g/mol. The lowest BCUT2D eigenvalue weighted by Gasteiger charge is -2.23. The molecule has 1 aliphatic heterocycles. The standard InChI is InChI=1S/C17H26N2O2/c1-14-5-2-6-15(13-14)19(11-4-10-18)17(20)9-8-16-7-3-12-21-16/h2,5-6,13,16H,3-4,7-12,18H2,1H3. The number of hydrogen-bond acceptors (Lipinski definition) is 3. The van der Waals surface area contributed by atoms with Crippen LogP contribution in [0.25, 0.3) is 0 Å². The summed E-state index contributed by atoms with van der Waals surface area (Å²) in [5.74, 6) is 0.171. The average molecular weight is 290 g/mol. The second kappa shape index (κ2) is 8.15. The van der Waals surface area contributed by atoms with E-state index in [0.717, 1.165) is 43.5 Å². The largest absolute Gasteiger partial charge is 0.378 e. The van der Waals surface area contributed by atoms with Crippen molar-refractivity contribution in [3.63, 3.8) is 0 Å². The average Bonchev–Trinajstić information content (AvgIpc) is 2.99. The van der Waals surface area contributed by atoms with Gasteiger partial charge < -0.3 is 15.4 Å². The smallest absolute Gasteiger partial charge is 0.227 e. The van der Waals surface area contributed by atoms with E-state index in [4.69, 9.17) is 10.5 Å². The van der Waals surface area contributed by atoms with Crippen LogP contribution in [0, 0.1) is 6.92 Å². The minimum Gasteiger partial charge on any atom is -0.378 e. The van der Waals surface area contributed by atoms with Crippen LogP contribution in [-0.2, 0) is 9.53 Å². The van der Waals surface area contributed by atoms with Crippen molar-refractivity contribution in [3.8, 4) is 0 Å². The van der Waals surface area contributed by atoms with Gasteiger partial charge in [-0.1, -0.05) is 12.1 Å². The molecule has 1 unspecified atom stereocenters. The number of carbonyl (C=O) groups is 1.